The number of aliphatic imine (C=N–C) groups is 1. The van der Waals surface area contributed by atoms with E-state index in [2.05, 4.69) is 18.0 Å². The van der Waals surface area contributed by atoms with Gasteiger partial charge >= 0.3 is 0 Å². The Morgan fingerprint density at radius 2 is 2.12 bits per heavy atom. The van der Waals surface area contributed by atoms with Gasteiger partial charge < -0.3 is 16.4 Å². The molecular weight excluding hydrogens is 202 g/mol. The third-order valence-electron chi connectivity index (χ3n) is 2.67. The summed E-state index contributed by atoms with van der Waals surface area (Å²) in [5.74, 6) is 0.0130. The lowest BCUT2D eigenvalue weighted by Crippen LogP contribution is -2.36. The first-order valence-corrected chi connectivity index (χ1v) is 5.15. The van der Waals surface area contributed by atoms with Crippen LogP contribution in [0.25, 0.3) is 0 Å². The monoisotopic (exact) mass is 217 g/mol. The molecule has 0 amide bonds. The molecule has 0 aromatic heterocycles. The molecule has 2 rings (SSSR count). The number of nitrogens with one attached hydrogen (secondary N) is 1. The summed E-state index contributed by atoms with van der Waals surface area (Å²) < 4.78 is 0. The number of hydrogen-bond donors (Lipinski definition) is 3. The number of nitrogens with zero attached hydrogens (tertiary/aromatic N) is 2. The number of benzene rings is 1. The lowest BCUT2D eigenvalue weighted by molar-refractivity contribution is 0.767. The third kappa shape index (κ3) is 1.71. The van der Waals surface area contributed by atoms with Gasteiger partial charge in [0.15, 0.2) is 5.96 Å². The third-order valence-corrected chi connectivity index (χ3v) is 2.67. The number of nitrogens with two attached hydrogens (primary N) is 2. The normalized spacial score (nSPS) is 18.1. The molecule has 1 aliphatic rings. The second kappa shape index (κ2) is 3.84. The van der Waals surface area contributed by atoms with Gasteiger partial charge in [0.1, 0.15) is 0 Å². The smallest absolute Gasteiger partial charge is 0.225 e. The highest BCUT2D eigenvalue weighted by molar-refractivity contribution is 6.02. The molecule has 1 aromatic carbocycles. The van der Waals surface area contributed by atoms with Gasteiger partial charge in [-0.2, -0.15) is 4.99 Å². The highest BCUT2D eigenvalue weighted by Crippen LogP contribution is 2.31. The van der Waals surface area contributed by atoms with Crippen molar-refractivity contribution in [1.29, 1.82) is 5.41 Å². The van der Waals surface area contributed by atoms with Gasteiger partial charge in [-0.05, 0) is 25.0 Å². The van der Waals surface area contributed by atoms with Crippen molar-refractivity contribution in [2.45, 2.75) is 19.4 Å². The standard InChI is InChI=1S/C11H15N5/c1-7-6-8-4-2-3-5-9(8)16(7)11(14)15-10(12)13/h2-5,7H,6H2,1H3,(H5,12,13,14,15)/t7-/m1/s1. The summed E-state index contributed by atoms with van der Waals surface area (Å²) in [6, 6.07) is 8.21. The number of rotatable bonds is 0. The van der Waals surface area contributed by atoms with Crippen LogP contribution in [0.2, 0.25) is 0 Å². The van der Waals surface area contributed by atoms with E-state index in [0.717, 1.165) is 12.1 Å². The van der Waals surface area contributed by atoms with E-state index in [9.17, 15) is 0 Å². The Balaban J connectivity index is 2.36. The zero-order chi connectivity index (χ0) is 11.7. The van der Waals surface area contributed by atoms with Crippen LogP contribution in [-0.4, -0.2) is 18.0 Å². The lowest BCUT2D eigenvalue weighted by Gasteiger charge is -2.22. The van der Waals surface area contributed by atoms with Crippen LogP contribution in [0.3, 0.4) is 0 Å². The first kappa shape index (κ1) is 10.5. The van der Waals surface area contributed by atoms with E-state index in [1.54, 1.807) is 0 Å². The average Bonchev–Trinajstić information content (AvgIpc) is 2.52. The first-order chi connectivity index (χ1) is 7.59. The van der Waals surface area contributed by atoms with Gasteiger partial charge in [0.05, 0.1) is 0 Å². The van der Waals surface area contributed by atoms with E-state index in [1.165, 1.54) is 5.56 Å². The Morgan fingerprint density at radius 1 is 1.44 bits per heavy atom. The highest BCUT2D eigenvalue weighted by Gasteiger charge is 2.28. The zero-order valence-corrected chi connectivity index (χ0v) is 9.14. The van der Waals surface area contributed by atoms with Gasteiger partial charge in [-0.25, -0.2) is 0 Å². The molecule has 1 aromatic rings. The molecule has 1 heterocycles. The van der Waals surface area contributed by atoms with Gasteiger partial charge in [0.2, 0.25) is 5.96 Å². The van der Waals surface area contributed by atoms with E-state index in [4.69, 9.17) is 16.9 Å². The number of anilines is 1. The summed E-state index contributed by atoms with van der Waals surface area (Å²) in [4.78, 5) is 5.63. The molecule has 16 heavy (non-hydrogen) atoms. The second-order valence-corrected chi connectivity index (χ2v) is 3.91. The summed E-state index contributed by atoms with van der Waals surface area (Å²) in [5, 5.41) is 7.86. The Labute approximate surface area is 94.3 Å². The minimum atomic E-state index is -0.0819. The van der Waals surface area contributed by atoms with Gasteiger partial charge in [-0.1, -0.05) is 18.2 Å². The van der Waals surface area contributed by atoms with E-state index in [-0.39, 0.29) is 18.0 Å². The average molecular weight is 217 g/mol. The van der Waals surface area contributed by atoms with Crippen LogP contribution in [0.4, 0.5) is 5.69 Å². The fourth-order valence-electron chi connectivity index (χ4n) is 2.06. The van der Waals surface area contributed by atoms with Crippen LogP contribution in [0.1, 0.15) is 12.5 Å². The summed E-state index contributed by atoms with van der Waals surface area (Å²) >= 11 is 0. The quantitative estimate of drug-likeness (QED) is 0.440. The van der Waals surface area contributed by atoms with Gasteiger partial charge in [0.25, 0.3) is 0 Å². The van der Waals surface area contributed by atoms with Gasteiger partial charge in [-0.3, -0.25) is 5.41 Å². The predicted octanol–water partition coefficient (Wildman–Crippen LogP) is 0.646. The van der Waals surface area contributed by atoms with Crippen LogP contribution in [0.5, 0.6) is 0 Å². The van der Waals surface area contributed by atoms with E-state index < -0.39 is 0 Å². The van der Waals surface area contributed by atoms with Crippen LogP contribution in [-0.2, 0) is 6.42 Å². The maximum atomic E-state index is 7.86. The molecule has 1 aliphatic heterocycles. The van der Waals surface area contributed by atoms with E-state index in [0.29, 0.717) is 0 Å². The Morgan fingerprint density at radius 3 is 2.81 bits per heavy atom. The number of guanidine groups is 2. The Hall–Kier alpha value is -2.04. The van der Waals surface area contributed by atoms with Crippen molar-refractivity contribution in [3.63, 3.8) is 0 Å². The van der Waals surface area contributed by atoms with Crippen LogP contribution in [0, 0.1) is 5.41 Å². The molecule has 0 spiro atoms. The molecule has 84 valence electrons. The van der Waals surface area contributed by atoms with Crippen molar-refractivity contribution in [1.82, 2.24) is 0 Å². The van der Waals surface area contributed by atoms with Gasteiger partial charge in [0, 0.05) is 11.7 Å². The number of fused-ring (bicyclic) bond motifs is 1. The molecule has 0 saturated heterocycles. The fraction of sp³-hybridized carbons (Fsp3) is 0.273. The lowest BCUT2D eigenvalue weighted by atomic mass is 10.1. The molecule has 0 radical (unpaired) electrons. The molecule has 0 saturated carbocycles. The molecule has 0 unspecified atom stereocenters. The zero-order valence-electron chi connectivity index (χ0n) is 9.14. The van der Waals surface area contributed by atoms with E-state index in [1.807, 2.05) is 23.1 Å². The largest absolute Gasteiger partial charge is 0.370 e. The highest BCUT2D eigenvalue weighted by atomic mass is 15.3. The molecule has 0 bridgehead atoms. The maximum Gasteiger partial charge on any atom is 0.225 e. The van der Waals surface area contributed by atoms with Crippen molar-refractivity contribution < 1.29 is 0 Å². The summed E-state index contributed by atoms with van der Waals surface area (Å²) in [6.45, 7) is 2.05. The molecule has 0 fully saturated rings. The first-order valence-electron chi connectivity index (χ1n) is 5.15. The van der Waals surface area contributed by atoms with Crippen molar-refractivity contribution in [3.05, 3.63) is 29.8 Å². The fourth-order valence-corrected chi connectivity index (χ4v) is 2.06. The van der Waals surface area contributed by atoms with Crippen LogP contribution < -0.4 is 16.4 Å². The van der Waals surface area contributed by atoms with E-state index >= 15 is 0 Å². The van der Waals surface area contributed by atoms with Crippen molar-refractivity contribution in [2.75, 3.05) is 4.90 Å². The SMILES string of the molecule is C[C@@H]1Cc2ccccc2N1C(=N)N=C(N)N. The van der Waals surface area contributed by atoms with Crippen molar-refractivity contribution >= 4 is 17.6 Å². The minimum Gasteiger partial charge on any atom is -0.370 e. The number of para-hydroxylation sites is 1. The van der Waals surface area contributed by atoms with Crippen LogP contribution in [0.15, 0.2) is 29.3 Å². The molecular formula is C11H15N5. The molecule has 0 aliphatic carbocycles. The second-order valence-electron chi connectivity index (χ2n) is 3.91. The topological polar surface area (TPSA) is 91.5 Å². The maximum absolute atomic E-state index is 7.86. The molecule has 5 N–H and O–H groups in total. The Kier molecular flexibility index (Phi) is 2.52. The minimum absolute atomic E-state index is 0.0819. The van der Waals surface area contributed by atoms with Crippen molar-refractivity contribution in [3.8, 4) is 0 Å². The predicted molar refractivity (Wildman–Crippen MR) is 65.6 cm³/mol. The van der Waals surface area contributed by atoms with Crippen LogP contribution >= 0.6 is 0 Å². The molecule has 5 heteroatoms. The van der Waals surface area contributed by atoms with Gasteiger partial charge in [-0.15, -0.1) is 0 Å². The summed E-state index contributed by atoms with van der Waals surface area (Å²) in [6.07, 6.45) is 0.915. The Bertz CT molecular complexity index is 447. The summed E-state index contributed by atoms with van der Waals surface area (Å²) in [5.41, 5.74) is 12.8. The number of hydrogen-bond acceptors (Lipinski definition) is 1. The summed E-state index contributed by atoms with van der Waals surface area (Å²) in [7, 11) is 0. The van der Waals surface area contributed by atoms with Crippen molar-refractivity contribution in [2.24, 2.45) is 16.5 Å². The molecule has 1 atom stereocenters. The molecule has 5 nitrogen and oxygen atoms in total.